The number of hydrogen-bond donors (Lipinski definition) is 2. The van der Waals surface area contributed by atoms with Gasteiger partial charge in [-0.1, -0.05) is 72.8 Å². The number of rotatable bonds is 0. The van der Waals surface area contributed by atoms with Gasteiger partial charge in [-0.15, -0.1) is 0 Å². The Morgan fingerprint density at radius 1 is 0.333 bits per heavy atom. The van der Waals surface area contributed by atoms with E-state index in [9.17, 15) is 60.6 Å². The van der Waals surface area contributed by atoms with Crippen molar-refractivity contribution in [3.63, 3.8) is 0 Å². The van der Waals surface area contributed by atoms with Crippen LogP contribution in [-0.4, -0.2) is 10.2 Å². The van der Waals surface area contributed by atoms with Gasteiger partial charge in [-0.25, -0.2) is 18.3 Å². The molecule has 0 saturated heterocycles. The van der Waals surface area contributed by atoms with Gasteiger partial charge in [0.2, 0.25) is 0 Å². The molecule has 2 N–H and O–H groups in total. The molecule has 0 spiro atoms. The van der Waals surface area contributed by atoms with Crippen molar-refractivity contribution >= 4 is 37.2 Å². The molecule has 12 heterocycles. The van der Waals surface area contributed by atoms with Gasteiger partial charge >= 0.3 is 66.0 Å². The van der Waals surface area contributed by atoms with Gasteiger partial charge in [-0.3, -0.25) is 0 Å². The van der Waals surface area contributed by atoms with Crippen molar-refractivity contribution in [2.45, 2.75) is 26.2 Å². The predicted molar refractivity (Wildman–Crippen MR) is 245 cm³/mol. The zero-order chi connectivity index (χ0) is 50.4. The number of pyridine rings is 4. The zero-order valence-electron chi connectivity index (χ0n) is 37.0. The molecule has 5 aromatic carbocycles. The fourth-order valence-corrected chi connectivity index (χ4v) is 8.12. The summed E-state index contributed by atoms with van der Waals surface area (Å²) in [6.07, 6.45) is 16.8. The smallest absolute Gasteiger partial charge is 0.177 e. The van der Waals surface area contributed by atoms with E-state index >= 15 is 0 Å². The Kier molecular flexibility index (Phi) is 14.6. The third kappa shape index (κ3) is 15.9. The molecule has 0 aliphatic carbocycles. The topological polar surface area (TPSA) is 56.0 Å². The number of phenols is 2. The number of phenolic OH excluding ortho intramolecular Hbond substituents is 2. The summed E-state index contributed by atoms with van der Waals surface area (Å²) in [5.74, 6) is 0.335. The zero-order valence-corrected chi connectivity index (χ0v) is 42.0. The van der Waals surface area contributed by atoms with E-state index < -0.39 is 15.6 Å². The Balaban J connectivity index is 0.000000467. The minimum atomic E-state index is -10.7. The van der Waals surface area contributed by atoms with Crippen molar-refractivity contribution in [2.75, 3.05) is 0 Å². The van der Waals surface area contributed by atoms with Crippen LogP contribution in [0.1, 0.15) is 22.3 Å². The fourth-order valence-electron chi connectivity index (χ4n) is 8.12. The predicted octanol–water partition coefficient (Wildman–Crippen LogP) is 8.83. The molecule has 14 bridgehead atoms. The maximum Gasteiger partial charge on any atom is 0.177 e. The van der Waals surface area contributed by atoms with Crippen LogP contribution < -0.4 is 52.2 Å². The molecular formula is C50H40Br2F12N4O2P2. The van der Waals surface area contributed by atoms with Crippen molar-refractivity contribution in [1.82, 2.24) is 0 Å². The first kappa shape index (κ1) is 55.1. The van der Waals surface area contributed by atoms with E-state index in [0.29, 0.717) is 24.2 Å². The number of aromatic hydroxyl groups is 2. The van der Waals surface area contributed by atoms with E-state index in [-0.39, 0.29) is 45.5 Å². The van der Waals surface area contributed by atoms with Gasteiger partial charge in [0.25, 0.3) is 0 Å². The first-order valence-electron chi connectivity index (χ1n) is 21.1. The average molecular weight is 1180 g/mol. The Morgan fingerprint density at radius 3 is 0.833 bits per heavy atom. The molecule has 8 aliphatic heterocycles. The first-order chi connectivity index (χ1) is 32.4. The van der Waals surface area contributed by atoms with Crippen LogP contribution in [0.25, 0.3) is 54.9 Å². The minimum Gasteiger partial charge on any atom is -1.00 e. The fraction of sp³-hybridized carbons (Fsp3) is 0.0800. The number of aromatic nitrogens is 4. The van der Waals surface area contributed by atoms with Crippen LogP contribution in [0.3, 0.4) is 0 Å². The SMILES string of the molecule is F[P-](F)(F)(F)(F)F.F[P-](F)(F)(F)(F)F.Oc1c2cc3ccccc3c1-c1c(O)c(cc3ccccc13)C[n+]1ccc(cc1)-c1cc[n+](cc1)Cc1ccc(cc1)C[n+]1ccc(cc1)-c1cc[n+](cc1)C2.[Br-].[Br-]. The van der Waals surface area contributed by atoms with Crippen LogP contribution in [0.15, 0.2) is 183 Å². The Hall–Kier alpha value is -6.20. The largest absolute Gasteiger partial charge is 1.00 e. The van der Waals surface area contributed by atoms with Gasteiger partial charge < -0.3 is 44.2 Å². The van der Waals surface area contributed by atoms with E-state index in [0.717, 1.165) is 68.0 Å². The van der Waals surface area contributed by atoms with Gasteiger partial charge in [0, 0.05) is 70.8 Å². The van der Waals surface area contributed by atoms with E-state index in [1.807, 2.05) is 36.4 Å². The van der Waals surface area contributed by atoms with Crippen molar-refractivity contribution in [2.24, 2.45) is 0 Å². The molecule has 17 rings (SSSR count). The monoisotopic (exact) mass is 1180 g/mol. The van der Waals surface area contributed by atoms with Gasteiger partial charge in [0.15, 0.2) is 75.8 Å². The molecule has 0 atom stereocenters. The van der Waals surface area contributed by atoms with Crippen LogP contribution in [0.4, 0.5) is 50.4 Å². The summed E-state index contributed by atoms with van der Waals surface area (Å²) in [7, 11) is -21.3. The van der Waals surface area contributed by atoms with E-state index in [1.165, 1.54) is 11.1 Å². The third-order valence-corrected chi connectivity index (χ3v) is 11.1. The second-order valence-corrected chi connectivity index (χ2v) is 20.6. The van der Waals surface area contributed by atoms with Crippen LogP contribution in [-0.2, 0) is 26.2 Å². The molecule has 72 heavy (non-hydrogen) atoms. The second kappa shape index (κ2) is 19.0. The standard InChI is InChI=1S/C50H38N4O2.2BrH.2F6P/c55-49-43-29-41-5-1-3-7-45(41)47(49)48-46-8-4-2-6-42(46)30-44(50(48)56)34-54-27-19-40(20-28-54)38-15-23-52(24-16-38)32-36-11-9-35(10-12-36)31-51-21-13-37(14-22-51)39-17-25-53(33-43)26-18-39;;;2*1-7(2,3,4,5)6/h1-30H,31-34H2;2*1H;;/q+2;;;2*-1. The quantitative estimate of drug-likeness (QED) is 0.0907. The Labute approximate surface area is 424 Å². The van der Waals surface area contributed by atoms with Crippen molar-refractivity contribution < 1.29 is 113 Å². The number of halogens is 14. The molecule has 0 fully saturated rings. The molecule has 6 nitrogen and oxygen atoms in total. The summed E-state index contributed by atoms with van der Waals surface area (Å²) in [6.45, 7) is 2.51. The number of hydrogen-bond acceptors (Lipinski definition) is 2. The summed E-state index contributed by atoms with van der Waals surface area (Å²) in [6, 6.07) is 46.3. The second-order valence-electron chi connectivity index (χ2n) is 16.7. The summed E-state index contributed by atoms with van der Waals surface area (Å²) in [5, 5.41) is 28.3. The molecule has 0 unspecified atom stereocenters. The minimum absolute atomic E-state index is 0. The van der Waals surface area contributed by atoms with Crippen LogP contribution in [0.2, 0.25) is 0 Å². The molecular weight excluding hydrogens is 1140 g/mol. The molecule has 0 saturated carbocycles. The third-order valence-electron chi connectivity index (χ3n) is 11.1. The van der Waals surface area contributed by atoms with Crippen molar-refractivity contribution in [1.29, 1.82) is 0 Å². The molecule has 380 valence electrons. The first-order valence-corrected chi connectivity index (χ1v) is 25.1. The summed E-state index contributed by atoms with van der Waals surface area (Å²) in [5.41, 5.74) is 9.84. The number of nitrogens with zero attached hydrogens (tertiary/aromatic N) is 4. The molecule has 0 amide bonds. The summed E-state index contributed by atoms with van der Waals surface area (Å²) >= 11 is 0. The number of fused-ring (bicyclic) bond motifs is 3. The molecule has 4 aromatic heterocycles. The Bertz CT molecular complexity index is 3160. The summed E-state index contributed by atoms with van der Waals surface area (Å²) in [4.78, 5) is 0. The van der Waals surface area contributed by atoms with E-state index in [4.69, 9.17) is 0 Å². The molecule has 9 aromatic rings. The molecule has 0 radical (unpaired) electrons. The van der Waals surface area contributed by atoms with Gasteiger partial charge in [-0.2, -0.15) is 0 Å². The van der Waals surface area contributed by atoms with Gasteiger partial charge in [0.05, 0.1) is 11.1 Å². The van der Waals surface area contributed by atoms with Gasteiger partial charge in [0.1, 0.15) is 11.5 Å². The van der Waals surface area contributed by atoms with Gasteiger partial charge in [-0.05, 0) is 55.9 Å². The summed E-state index contributed by atoms with van der Waals surface area (Å²) < 4.78 is 127. The normalized spacial score (nSPS) is 14.2. The van der Waals surface area contributed by atoms with Crippen molar-refractivity contribution in [3.05, 3.63) is 205 Å². The molecule has 22 heteroatoms. The maximum atomic E-state index is 12.3. The Morgan fingerprint density at radius 2 is 0.569 bits per heavy atom. The van der Waals surface area contributed by atoms with Crippen LogP contribution >= 0.6 is 15.6 Å². The molecule has 8 aliphatic rings. The van der Waals surface area contributed by atoms with E-state index in [2.05, 4.69) is 165 Å². The number of benzene rings is 5. The van der Waals surface area contributed by atoms with E-state index in [1.54, 1.807) is 0 Å². The van der Waals surface area contributed by atoms with Crippen LogP contribution in [0, 0.1) is 0 Å². The van der Waals surface area contributed by atoms with Crippen molar-refractivity contribution in [3.8, 4) is 44.9 Å². The van der Waals surface area contributed by atoms with Crippen LogP contribution in [0.5, 0.6) is 11.5 Å². The average Bonchev–Trinajstić information content (AvgIpc) is 3.27. The maximum absolute atomic E-state index is 12.3.